The van der Waals surface area contributed by atoms with Crippen LogP contribution in [0.5, 0.6) is 0 Å². The van der Waals surface area contributed by atoms with Crippen LogP contribution in [0.4, 0.5) is 17.6 Å². The maximum atomic E-state index is 14.1. The molecule has 3 rings (SSSR count). The van der Waals surface area contributed by atoms with E-state index in [0.29, 0.717) is 11.1 Å². The second-order valence-corrected chi connectivity index (χ2v) is 8.60. The minimum atomic E-state index is -4.82. The first-order valence-electron chi connectivity index (χ1n) is 11.0. The molecule has 0 aliphatic rings. The number of nitrogens with zero attached hydrogens (tertiary/aromatic N) is 2. The Balaban J connectivity index is 2.10. The molecule has 3 aromatic rings. The first-order chi connectivity index (χ1) is 16.3. The molecule has 0 saturated heterocycles. The topological polar surface area (TPSA) is 95.6 Å². The second-order valence-electron chi connectivity index (χ2n) is 8.60. The zero-order valence-corrected chi connectivity index (χ0v) is 19.2. The lowest BCUT2D eigenvalue weighted by Crippen LogP contribution is -2.23. The number of aromatic nitrogens is 2. The molecule has 6 nitrogen and oxygen atoms in total. The number of aliphatic hydroxyl groups is 2. The van der Waals surface area contributed by atoms with Crippen molar-refractivity contribution in [3.8, 4) is 22.5 Å². The van der Waals surface area contributed by atoms with Crippen molar-refractivity contribution >= 4 is 5.97 Å². The maximum Gasteiger partial charge on any atom is 0.449 e. The van der Waals surface area contributed by atoms with Crippen molar-refractivity contribution in [1.82, 2.24) is 9.55 Å². The first kappa shape index (κ1) is 26.4. The van der Waals surface area contributed by atoms with Gasteiger partial charge in [0.05, 0.1) is 30.0 Å². The molecule has 0 spiro atoms. The van der Waals surface area contributed by atoms with Crippen LogP contribution >= 0.6 is 0 Å². The van der Waals surface area contributed by atoms with Crippen LogP contribution in [0.1, 0.15) is 36.2 Å². The van der Waals surface area contributed by atoms with Gasteiger partial charge in [-0.3, -0.25) is 4.79 Å². The van der Waals surface area contributed by atoms with Crippen molar-refractivity contribution < 1.29 is 37.7 Å². The van der Waals surface area contributed by atoms with Gasteiger partial charge in [0, 0.05) is 17.7 Å². The number of carbonyl (C=O) groups is 1. The molecular weight excluding hydrogens is 468 g/mol. The summed E-state index contributed by atoms with van der Waals surface area (Å²) in [6.07, 6.45) is -8.50. The lowest BCUT2D eigenvalue weighted by Gasteiger charge is -2.18. The summed E-state index contributed by atoms with van der Waals surface area (Å²) in [7, 11) is 0. The number of hydrogen-bond acceptors (Lipinski definition) is 4. The van der Waals surface area contributed by atoms with Crippen LogP contribution in [-0.4, -0.2) is 43.0 Å². The third-order valence-electron chi connectivity index (χ3n) is 5.47. The number of aliphatic carboxylic acids is 1. The van der Waals surface area contributed by atoms with Crippen molar-refractivity contribution in [2.24, 2.45) is 0 Å². The minimum Gasteiger partial charge on any atom is -0.481 e. The predicted octanol–water partition coefficient (Wildman–Crippen LogP) is 4.97. The Morgan fingerprint density at radius 2 is 1.60 bits per heavy atom. The van der Waals surface area contributed by atoms with E-state index in [0.717, 1.165) is 27.8 Å². The Morgan fingerprint density at radius 3 is 2.14 bits per heavy atom. The summed E-state index contributed by atoms with van der Waals surface area (Å²) in [6, 6.07) is 10.3. The van der Waals surface area contributed by atoms with E-state index in [9.17, 15) is 32.6 Å². The lowest BCUT2D eigenvalue weighted by molar-refractivity contribution is -0.147. The van der Waals surface area contributed by atoms with E-state index in [1.165, 1.54) is 12.1 Å². The molecule has 10 heteroatoms. The van der Waals surface area contributed by atoms with Crippen LogP contribution in [0.25, 0.3) is 22.5 Å². The van der Waals surface area contributed by atoms with Gasteiger partial charge in [-0.2, -0.15) is 13.2 Å². The smallest absolute Gasteiger partial charge is 0.449 e. The van der Waals surface area contributed by atoms with E-state index < -0.39 is 42.4 Å². The van der Waals surface area contributed by atoms with Gasteiger partial charge >= 0.3 is 12.1 Å². The van der Waals surface area contributed by atoms with E-state index >= 15 is 0 Å². The summed E-state index contributed by atoms with van der Waals surface area (Å²) in [5, 5.41) is 28.8. The molecule has 0 amide bonds. The minimum absolute atomic E-state index is 0.0659. The van der Waals surface area contributed by atoms with Crippen molar-refractivity contribution in [3.63, 3.8) is 0 Å². The normalized spacial score (nSPS) is 13.6. The SMILES string of the molecule is Cc1cc(C)cc(-c2nc(C(F)(F)F)n(CC[C@@H](O)C[C@@H](O)CC(=O)O)c2-c2ccc(F)cc2)c1. The lowest BCUT2D eigenvalue weighted by atomic mass is 10.0. The van der Waals surface area contributed by atoms with E-state index in [4.69, 9.17) is 5.11 Å². The van der Waals surface area contributed by atoms with Crippen LogP contribution in [0.15, 0.2) is 42.5 Å². The molecule has 0 saturated carbocycles. The van der Waals surface area contributed by atoms with Gasteiger partial charge in [0.2, 0.25) is 5.82 Å². The Bertz CT molecular complexity index is 1170. The molecule has 0 aliphatic heterocycles. The highest BCUT2D eigenvalue weighted by Gasteiger charge is 2.39. The summed E-state index contributed by atoms with van der Waals surface area (Å²) in [6.45, 7) is 3.31. The number of alkyl halides is 3. The highest BCUT2D eigenvalue weighted by molar-refractivity contribution is 5.80. The van der Waals surface area contributed by atoms with Crippen molar-refractivity contribution in [2.45, 2.75) is 58.0 Å². The monoisotopic (exact) mass is 494 g/mol. The van der Waals surface area contributed by atoms with Crippen molar-refractivity contribution in [2.75, 3.05) is 0 Å². The van der Waals surface area contributed by atoms with Gasteiger partial charge in [0.15, 0.2) is 0 Å². The third-order valence-corrected chi connectivity index (χ3v) is 5.47. The van der Waals surface area contributed by atoms with Crippen molar-refractivity contribution in [1.29, 1.82) is 0 Å². The summed E-state index contributed by atoms with van der Waals surface area (Å²) in [5.41, 5.74) is 2.61. The number of halogens is 4. The average molecular weight is 494 g/mol. The van der Waals surface area contributed by atoms with E-state index in [-0.39, 0.29) is 30.8 Å². The number of imidazole rings is 1. The van der Waals surface area contributed by atoms with Gasteiger partial charge in [-0.25, -0.2) is 9.37 Å². The summed E-state index contributed by atoms with van der Waals surface area (Å²) < 4.78 is 56.7. The van der Waals surface area contributed by atoms with Crippen LogP contribution in [0, 0.1) is 19.7 Å². The van der Waals surface area contributed by atoms with E-state index in [2.05, 4.69) is 4.98 Å². The molecule has 188 valence electrons. The number of carboxylic acid groups (broad SMARTS) is 1. The molecule has 0 bridgehead atoms. The number of carboxylic acids is 1. The largest absolute Gasteiger partial charge is 0.481 e. The zero-order chi connectivity index (χ0) is 25.9. The number of rotatable bonds is 9. The summed E-state index contributed by atoms with van der Waals surface area (Å²) in [4.78, 5) is 14.7. The van der Waals surface area contributed by atoms with Crippen LogP contribution in [-0.2, 0) is 17.5 Å². The Morgan fingerprint density at radius 1 is 1.00 bits per heavy atom. The number of aliphatic hydroxyl groups excluding tert-OH is 2. The second kappa shape index (κ2) is 10.6. The Labute approximate surface area is 199 Å². The van der Waals surface area contributed by atoms with Crippen LogP contribution in [0.3, 0.4) is 0 Å². The van der Waals surface area contributed by atoms with Crippen molar-refractivity contribution in [3.05, 3.63) is 65.2 Å². The molecule has 0 radical (unpaired) electrons. The first-order valence-corrected chi connectivity index (χ1v) is 11.0. The fourth-order valence-corrected chi connectivity index (χ4v) is 4.09. The molecule has 0 aliphatic carbocycles. The van der Waals surface area contributed by atoms with E-state index in [1.807, 2.05) is 19.9 Å². The molecule has 0 unspecified atom stereocenters. The fourth-order valence-electron chi connectivity index (χ4n) is 4.09. The molecular formula is C25H26F4N2O4. The van der Waals surface area contributed by atoms with Crippen LogP contribution in [0.2, 0.25) is 0 Å². The quantitative estimate of drug-likeness (QED) is 0.365. The number of aryl methyl sites for hydroxylation is 2. The standard InChI is InChI=1S/C25H26F4N2O4/c1-14-9-15(2)11-17(10-14)22-23(16-3-5-18(26)6-4-16)31(24(30-22)25(27,28)29)8-7-19(32)12-20(33)13-21(34)35/h3-6,9-11,19-20,32-33H,7-8,12-13H2,1-2H3,(H,34,35)/t19-,20-/m1/s1. The molecule has 2 aromatic carbocycles. The van der Waals surface area contributed by atoms with Gasteiger partial charge in [0.1, 0.15) is 5.82 Å². The molecule has 1 aromatic heterocycles. The van der Waals surface area contributed by atoms with Crippen LogP contribution < -0.4 is 0 Å². The average Bonchev–Trinajstić information content (AvgIpc) is 3.11. The summed E-state index contributed by atoms with van der Waals surface area (Å²) in [5.74, 6) is -2.98. The highest BCUT2D eigenvalue weighted by atomic mass is 19.4. The number of hydrogen-bond donors (Lipinski definition) is 3. The molecule has 0 fully saturated rings. The van der Waals surface area contributed by atoms with Gasteiger partial charge < -0.3 is 19.9 Å². The predicted molar refractivity (Wildman–Crippen MR) is 121 cm³/mol. The van der Waals surface area contributed by atoms with Gasteiger partial charge in [-0.05, 0) is 63.1 Å². The Hall–Kier alpha value is -3.24. The zero-order valence-electron chi connectivity index (χ0n) is 19.2. The molecule has 35 heavy (non-hydrogen) atoms. The summed E-state index contributed by atoms with van der Waals surface area (Å²) >= 11 is 0. The van der Waals surface area contributed by atoms with Gasteiger partial charge in [-0.1, -0.05) is 17.2 Å². The molecule has 2 atom stereocenters. The van der Waals surface area contributed by atoms with E-state index in [1.54, 1.807) is 12.1 Å². The Kier molecular flexibility index (Phi) is 7.97. The fraction of sp³-hybridized carbons (Fsp3) is 0.360. The third kappa shape index (κ3) is 6.67. The molecule has 1 heterocycles. The number of benzene rings is 2. The molecule has 3 N–H and O–H groups in total. The maximum absolute atomic E-state index is 14.1. The van der Waals surface area contributed by atoms with Gasteiger partial charge in [0.25, 0.3) is 0 Å². The van der Waals surface area contributed by atoms with Gasteiger partial charge in [-0.15, -0.1) is 0 Å². The highest BCUT2D eigenvalue weighted by Crippen LogP contribution is 2.39.